The Morgan fingerprint density at radius 3 is 2.31 bits per heavy atom. The van der Waals surface area contributed by atoms with Crippen molar-refractivity contribution in [2.75, 3.05) is 6.61 Å². The maximum Gasteiger partial charge on any atom is 0.313 e. The molecule has 0 radical (unpaired) electrons. The summed E-state index contributed by atoms with van der Waals surface area (Å²) in [5, 5.41) is 0. The summed E-state index contributed by atoms with van der Waals surface area (Å²) in [5.41, 5.74) is 0. The molecular formula is C10H18O2S. The van der Waals surface area contributed by atoms with Crippen LogP contribution in [0, 0.1) is 11.8 Å². The fourth-order valence-corrected chi connectivity index (χ4v) is 1.27. The standard InChI is InChI=1S/C10H18O2S/c1-5-7(3)9(13)8(4)10(11)12-6-2/h7-8H,5-6H2,1-4H3. The van der Waals surface area contributed by atoms with Crippen molar-refractivity contribution in [2.24, 2.45) is 11.8 Å². The Labute approximate surface area is 85.7 Å². The molecule has 0 amide bonds. The SMILES string of the molecule is CCOC(=O)C(C)C(=S)C(C)CC. The molecule has 0 rings (SSSR count). The summed E-state index contributed by atoms with van der Waals surface area (Å²) in [6.45, 7) is 8.14. The molecule has 0 N–H and O–H groups in total. The largest absolute Gasteiger partial charge is 0.466 e. The highest BCUT2D eigenvalue weighted by Crippen LogP contribution is 2.13. The second-order valence-electron chi connectivity index (χ2n) is 3.19. The Morgan fingerprint density at radius 1 is 1.38 bits per heavy atom. The van der Waals surface area contributed by atoms with Gasteiger partial charge >= 0.3 is 5.97 Å². The Bertz CT molecular complexity index is 189. The lowest BCUT2D eigenvalue weighted by Gasteiger charge is -2.16. The Kier molecular flexibility index (Phi) is 5.88. The van der Waals surface area contributed by atoms with E-state index in [-0.39, 0.29) is 11.9 Å². The second-order valence-corrected chi connectivity index (χ2v) is 3.66. The van der Waals surface area contributed by atoms with Gasteiger partial charge in [-0.3, -0.25) is 4.79 Å². The topological polar surface area (TPSA) is 26.3 Å². The predicted octanol–water partition coefficient (Wildman–Crippen LogP) is 2.60. The minimum atomic E-state index is -0.245. The van der Waals surface area contributed by atoms with Crippen LogP contribution in [0.2, 0.25) is 0 Å². The summed E-state index contributed by atoms with van der Waals surface area (Å²) in [6.07, 6.45) is 0.975. The van der Waals surface area contributed by atoms with Gasteiger partial charge < -0.3 is 4.74 Å². The van der Waals surface area contributed by atoms with Crippen molar-refractivity contribution >= 4 is 23.1 Å². The molecular weight excluding hydrogens is 184 g/mol. The van der Waals surface area contributed by atoms with E-state index in [0.29, 0.717) is 12.5 Å². The molecule has 0 aliphatic heterocycles. The van der Waals surface area contributed by atoms with E-state index in [2.05, 4.69) is 6.92 Å². The summed E-state index contributed by atoms with van der Waals surface area (Å²) >= 11 is 5.19. The number of thiocarbonyl (C=S) groups is 1. The molecule has 0 bridgehead atoms. The van der Waals surface area contributed by atoms with Crippen molar-refractivity contribution in [1.29, 1.82) is 0 Å². The van der Waals surface area contributed by atoms with Gasteiger partial charge in [0.15, 0.2) is 0 Å². The van der Waals surface area contributed by atoms with Gasteiger partial charge in [-0.1, -0.05) is 26.1 Å². The van der Waals surface area contributed by atoms with E-state index >= 15 is 0 Å². The fraction of sp³-hybridized carbons (Fsp3) is 0.800. The molecule has 0 heterocycles. The summed E-state index contributed by atoms with van der Waals surface area (Å²) in [7, 11) is 0. The summed E-state index contributed by atoms with van der Waals surface area (Å²) < 4.78 is 4.89. The molecule has 2 unspecified atom stereocenters. The van der Waals surface area contributed by atoms with Crippen LogP contribution in [0.4, 0.5) is 0 Å². The van der Waals surface area contributed by atoms with Crippen molar-refractivity contribution < 1.29 is 9.53 Å². The lowest BCUT2D eigenvalue weighted by molar-refractivity contribution is -0.145. The second kappa shape index (κ2) is 6.08. The highest BCUT2D eigenvalue weighted by molar-refractivity contribution is 7.80. The summed E-state index contributed by atoms with van der Waals surface area (Å²) in [4.78, 5) is 12.1. The van der Waals surface area contributed by atoms with Gasteiger partial charge in [-0.25, -0.2) is 0 Å². The predicted molar refractivity (Wildman–Crippen MR) is 57.9 cm³/mol. The van der Waals surface area contributed by atoms with Crippen molar-refractivity contribution in [2.45, 2.75) is 34.1 Å². The zero-order valence-electron chi connectivity index (χ0n) is 8.79. The van der Waals surface area contributed by atoms with Crippen LogP contribution in [0.5, 0.6) is 0 Å². The van der Waals surface area contributed by atoms with Crippen LogP contribution in [0.1, 0.15) is 34.1 Å². The van der Waals surface area contributed by atoms with Gasteiger partial charge in [0.05, 0.1) is 12.5 Å². The molecule has 0 aromatic rings. The first kappa shape index (κ1) is 12.6. The lowest BCUT2D eigenvalue weighted by Crippen LogP contribution is -2.26. The molecule has 13 heavy (non-hydrogen) atoms. The zero-order chi connectivity index (χ0) is 10.4. The fourth-order valence-electron chi connectivity index (χ4n) is 1.01. The van der Waals surface area contributed by atoms with Crippen LogP contribution < -0.4 is 0 Å². The van der Waals surface area contributed by atoms with Crippen molar-refractivity contribution in [3.05, 3.63) is 0 Å². The zero-order valence-corrected chi connectivity index (χ0v) is 9.61. The highest BCUT2D eigenvalue weighted by Gasteiger charge is 2.22. The maximum absolute atomic E-state index is 11.3. The first-order valence-electron chi connectivity index (χ1n) is 4.74. The van der Waals surface area contributed by atoms with Gasteiger partial charge in [-0.15, -0.1) is 0 Å². The molecule has 0 aromatic heterocycles. The third kappa shape index (κ3) is 3.85. The molecule has 2 nitrogen and oxygen atoms in total. The van der Waals surface area contributed by atoms with Crippen LogP contribution >= 0.6 is 12.2 Å². The van der Waals surface area contributed by atoms with Gasteiger partial charge in [0.25, 0.3) is 0 Å². The van der Waals surface area contributed by atoms with Crippen LogP contribution in [-0.4, -0.2) is 17.4 Å². The third-order valence-corrected chi connectivity index (χ3v) is 2.92. The molecule has 0 saturated carbocycles. The van der Waals surface area contributed by atoms with Gasteiger partial charge in [0, 0.05) is 4.86 Å². The first-order chi connectivity index (χ1) is 6.04. The van der Waals surface area contributed by atoms with E-state index < -0.39 is 0 Å². The molecule has 0 aliphatic carbocycles. The van der Waals surface area contributed by atoms with Crippen LogP contribution in [0.3, 0.4) is 0 Å². The smallest absolute Gasteiger partial charge is 0.313 e. The van der Waals surface area contributed by atoms with Crippen LogP contribution in [-0.2, 0) is 9.53 Å². The lowest BCUT2D eigenvalue weighted by atomic mass is 9.95. The van der Waals surface area contributed by atoms with Crippen molar-refractivity contribution in [1.82, 2.24) is 0 Å². The monoisotopic (exact) mass is 202 g/mol. The Morgan fingerprint density at radius 2 is 1.92 bits per heavy atom. The van der Waals surface area contributed by atoms with Gasteiger partial charge in [0.1, 0.15) is 0 Å². The number of ether oxygens (including phenoxy) is 1. The Balaban J connectivity index is 4.16. The molecule has 0 spiro atoms. The minimum absolute atomic E-state index is 0.201. The van der Waals surface area contributed by atoms with E-state index in [1.165, 1.54) is 0 Å². The summed E-state index contributed by atoms with van der Waals surface area (Å²) in [5.74, 6) is -0.132. The number of rotatable bonds is 5. The molecule has 0 saturated heterocycles. The molecule has 0 fully saturated rings. The maximum atomic E-state index is 11.3. The molecule has 0 aliphatic rings. The van der Waals surface area contributed by atoms with Gasteiger partial charge in [-0.2, -0.15) is 0 Å². The third-order valence-electron chi connectivity index (χ3n) is 2.17. The highest BCUT2D eigenvalue weighted by atomic mass is 32.1. The Hall–Kier alpha value is -0.440. The number of esters is 1. The van der Waals surface area contributed by atoms with E-state index in [4.69, 9.17) is 17.0 Å². The number of carbonyl (C=O) groups excluding carboxylic acids is 1. The average molecular weight is 202 g/mol. The average Bonchev–Trinajstić information content (AvgIpc) is 2.14. The first-order valence-corrected chi connectivity index (χ1v) is 5.15. The number of hydrogen-bond acceptors (Lipinski definition) is 3. The number of hydrogen-bond donors (Lipinski definition) is 0. The van der Waals surface area contributed by atoms with E-state index in [1.807, 2.05) is 13.8 Å². The van der Waals surface area contributed by atoms with Crippen LogP contribution in [0.15, 0.2) is 0 Å². The minimum Gasteiger partial charge on any atom is -0.466 e. The van der Waals surface area contributed by atoms with E-state index in [9.17, 15) is 4.79 Å². The van der Waals surface area contributed by atoms with E-state index in [0.717, 1.165) is 11.3 Å². The van der Waals surface area contributed by atoms with Gasteiger partial charge in [-0.05, 0) is 26.2 Å². The van der Waals surface area contributed by atoms with Gasteiger partial charge in [0.2, 0.25) is 0 Å². The quantitative estimate of drug-likeness (QED) is 0.506. The molecule has 2 atom stereocenters. The normalized spacial score (nSPS) is 14.8. The number of carbonyl (C=O) groups is 1. The van der Waals surface area contributed by atoms with E-state index in [1.54, 1.807) is 6.92 Å². The van der Waals surface area contributed by atoms with Crippen molar-refractivity contribution in [3.8, 4) is 0 Å². The molecule has 76 valence electrons. The summed E-state index contributed by atoms with van der Waals surface area (Å²) in [6, 6.07) is 0. The van der Waals surface area contributed by atoms with Crippen LogP contribution in [0.25, 0.3) is 0 Å². The molecule has 3 heteroatoms. The molecule has 0 aromatic carbocycles. The van der Waals surface area contributed by atoms with Crippen molar-refractivity contribution in [3.63, 3.8) is 0 Å².